The second-order valence-corrected chi connectivity index (χ2v) is 9.84. The molecule has 2 rings (SSSR count). The van der Waals surface area contributed by atoms with Crippen LogP contribution in [0.4, 0.5) is 0 Å². The highest BCUT2D eigenvalue weighted by Gasteiger charge is 2.08. The molecule has 37 heavy (non-hydrogen) atoms. The van der Waals surface area contributed by atoms with E-state index in [1.807, 2.05) is 0 Å². The van der Waals surface area contributed by atoms with Crippen molar-refractivity contribution in [3.05, 3.63) is 35.9 Å². The Morgan fingerprint density at radius 3 is 1.35 bits per heavy atom. The Labute approximate surface area is 226 Å². The summed E-state index contributed by atoms with van der Waals surface area (Å²) in [6.45, 7) is 17.4. The molecule has 1 fully saturated rings. The van der Waals surface area contributed by atoms with Crippen LogP contribution in [-0.2, 0) is 6.42 Å². The SMILES string of the molecule is c1ccc(CCC2CNCCNCCNCCNCCNCCNCCCCNCCNCCN2)cc1. The molecule has 214 valence electrons. The Bertz CT molecular complexity index is 560. The van der Waals surface area contributed by atoms with Crippen molar-refractivity contribution < 1.29 is 0 Å². The predicted octanol–water partition coefficient (Wildman–Crippen LogP) is -0.912. The third kappa shape index (κ3) is 20.5. The van der Waals surface area contributed by atoms with E-state index < -0.39 is 0 Å². The molecule has 1 saturated heterocycles. The van der Waals surface area contributed by atoms with Crippen LogP contribution < -0.4 is 47.9 Å². The minimum Gasteiger partial charge on any atom is -0.315 e. The molecule has 0 aliphatic carbocycles. The molecule has 1 aromatic rings. The van der Waals surface area contributed by atoms with Gasteiger partial charge in [-0.3, -0.25) is 0 Å². The Morgan fingerprint density at radius 2 is 0.865 bits per heavy atom. The minimum atomic E-state index is 0.481. The zero-order chi connectivity index (χ0) is 25.9. The summed E-state index contributed by atoms with van der Waals surface area (Å²) >= 11 is 0. The summed E-state index contributed by atoms with van der Waals surface area (Å²) in [6, 6.07) is 11.3. The molecule has 1 aromatic carbocycles. The molecule has 0 bridgehead atoms. The van der Waals surface area contributed by atoms with E-state index in [1.165, 1.54) is 18.4 Å². The number of hydrogen-bond donors (Lipinski definition) is 9. The van der Waals surface area contributed by atoms with Gasteiger partial charge in [0.2, 0.25) is 0 Å². The van der Waals surface area contributed by atoms with Crippen molar-refractivity contribution in [3.63, 3.8) is 0 Å². The lowest BCUT2D eigenvalue weighted by Crippen LogP contribution is -2.44. The maximum Gasteiger partial charge on any atom is 0.0196 e. The van der Waals surface area contributed by atoms with Crippen LogP contribution in [0.5, 0.6) is 0 Å². The number of aryl methyl sites for hydroxylation is 1. The van der Waals surface area contributed by atoms with E-state index in [9.17, 15) is 0 Å². The van der Waals surface area contributed by atoms with Gasteiger partial charge < -0.3 is 47.9 Å². The van der Waals surface area contributed by atoms with Crippen LogP contribution in [0.3, 0.4) is 0 Å². The van der Waals surface area contributed by atoms with Gasteiger partial charge in [0, 0.05) is 104 Å². The molecule has 1 atom stereocenters. The second-order valence-electron chi connectivity index (χ2n) is 9.84. The molecule has 0 amide bonds. The molecule has 0 aromatic heterocycles. The number of hydrogen-bond acceptors (Lipinski definition) is 9. The average molecular weight is 520 g/mol. The molecule has 1 aliphatic rings. The number of benzene rings is 1. The molecular weight excluding hydrogens is 462 g/mol. The van der Waals surface area contributed by atoms with Gasteiger partial charge in [-0.05, 0) is 44.3 Å². The van der Waals surface area contributed by atoms with Gasteiger partial charge in [0.05, 0.1) is 0 Å². The molecule has 1 aliphatic heterocycles. The normalized spacial score (nSPS) is 23.3. The molecule has 9 heteroatoms. The quantitative estimate of drug-likeness (QED) is 0.251. The van der Waals surface area contributed by atoms with Crippen LogP contribution in [0.15, 0.2) is 30.3 Å². The molecule has 0 saturated carbocycles. The summed E-state index contributed by atoms with van der Waals surface area (Å²) in [5.74, 6) is 0. The zero-order valence-electron chi connectivity index (χ0n) is 23.3. The molecule has 0 radical (unpaired) electrons. The molecule has 9 nitrogen and oxygen atoms in total. The van der Waals surface area contributed by atoms with E-state index in [2.05, 4.69) is 78.2 Å². The Hall–Kier alpha value is -1.14. The molecule has 1 unspecified atom stereocenters. The fourth-order valence-corrected chi connectivity index (χ4v) is 4.34. The first-order valence-electron chi connectivity index (χ1n) is 14.9. The topological polar surface area (TPSA) is 108 Å². The van der Waals surface area contributed by atoms with Crippen molar-refractivity contribution in [2.75, 3.05) is 111 Å². The highest BCUT2D eigenvalue weighted by molar-refractivity contribution is 5.14. The van der Waals surface area contributed by atoms with Crippen molar-refractivity contribution in [1.29, 1.82) is 0 Å². The minimum absolute atomic E-state index is 0.481. The van der Waals surface area contributed by atoms with Crippen molar-refractivity contribution in [3.8, 4) is 0 Å². The first kappa shape index (κ1) is 32.1. The van der Waals surface area contributed by atoms with Crippen LogP contribution >= 0.6 is 0 Å². The highest BCUT2D eigenvalue weighted by atomic mass is 15.0. The lowest BCUT2D eigenvalue weighted by molar-refractivity contribution is 0.440. The number of nitrogens with one attached hydrogen (secondary N) is 9. The van der Waals surface area contributed by atoms with Gasteiger partial charge in [-0.25, -0.2) is 0 Å². The van der Waals surface area contributed by atoms with E-state index in [1.54, 1.807) is 0 Å². The Balaban J connectivity index is 1.63. The van der Waals surface area contributed by atoms with Crippen molar-refractivity contribution in [1.82, 2.24) is 47.9 Å². The van der Waals surface area contributed by atoms with Crippen molar-refractivity contribution in [2.45, 2.75) is 31.7 Å². The van der Waals surface area contributed by atoms with Gasteiger partial charge in [-0.2, -0.15) is 0 Å². The van der Waals surface area contributed by atoms with E-state index in [0.29, 0.717) is 6.04 Å². The van der Waals surface area contributed by atoms with Crippen LogP contribution in [0.25, 0.3) is 0 Å². The summed E-state index contributed by atoms with van der Waals surface area (Å²) in [5.41, 5.74) is 1.42. The third-order valence-electron chi connectivity index (χ3n) is 6.58. The van der Waals surface area contributed by atoms with Gasteiger partial charge in [0.15, 0.2) is 0 Å². The Kier molecular flexibility index (Phi) is 21.8. The van der Waals surface area contributed by atoms with Gasteiger partial charge in [0.25, 0.3) is 0 Å². The van der Waals surface area contributed by atoms with E-state index >= 15 is 0 Å². The molecular formula is C28H57N9. The maximum absolute atomic E-state index is 3.77. The smallest absolute Gasteiger partial charge is 0.0196 e. The van der Waals surface area contributed by atoms with Gasteiger partial charge >= 0.3 is 0 Å². The van der Waals surface area contributed by atoms with Crippen molar-refractivity contribution in [2.24, 2.45) is 0 Å². The molecule has 0 spiro atoms. The standard InChI is InChI=1S/C28H57N9/c1-2-6-27(7-3-1)8-9-28-26-36-23-22-34-21-20-33-19-18-32-17-16-31-14-12-29-10-4-5-11-30-13-15-35-24-25-37-28/h1-3,6-7,28-37H,4-5,8-26H2. The van der Waals surface area contributed by atoms with E-state index in [-0.39, 0.29) is 0 Å². The lowest BCUT2D eigenvalue weighted by Gasteiger charge is -2.20. The van der Waals surface area contributed by atoms with Crippen LogP contribution in [-0.4, -0.2) is 117 Å². The van der Waals surface area contributed by atoms with Crippen molar-refractivity contribution >= 4 is 0 Å². The summed E-state index contributed by atoms with van der Waals surface area (Å²) in [5, 5.41) is 32.1. The largest absolute Gasteiger partial charge is 0.315 e. The summed E-state index contributed by atoms with van der Waals surface area (Å²) in [7, 11) is 0. The first-order valence-corrected chi connectivity index (χ1v) is 14.9. The second kappa shape index (κ2) is 25.2. The highest BCUT2D eigenvalue weighted by Crippen LogP contribution is 2.04. The van der Waals surface area contributed by atoms with E-state index in [4.69, 9.17) is 0 Å². The fourth-order valence-electron chi connectivity index (χ4n) is 4.34. The third-order valence-corrected chi connectivity index (χ3v) is 6.58. The summed E-state index contributed by atoms with van der Waals surface area (Å²) in [6.07, 6.45) is 4.72. The van der Waals surface area contributed by atoms with Gasteiger partial charge in [0.1, 0.15) is 0 Å². The fraction of sp³-hybridized carbons (Fsp3) is 0.786. The zero-order valence-corrected chi connectivity index (χ0v) is 23.3. The molecule has 1 heterocycles. The lowest BCUT2D eigenvalue weighted by atomic mass is 10.1. The van der Waals surface area contributed by atoms with Gasteiger partial charge in [-0.15, -0.1) is 0 Å². The predicted molar refractivity (Wildman–Crippen MR) is 159 cm³/mol. The number of rotatable bonds is 3. The molecule has 9 N–H and O–H groups in total. The Morgan fingerprint density at radius 1 is 0.459 bits per heavy atom. The van der Waals surface area contributed by atoms with Crippen LogP contribution in [0, 0.1) is 0 Å². The van der Waals surface area contributed by atoms with Crippen LogP contribution in [0.1, 0.15) is 24.8 Å². The average Bonchev–Trinajstić information content (AvgIpc) is 2.92. The summed E-state index contributed by atoms with van der Waals surface area (Å²) in [4.78, 5) is 0. The summed E-state index contributed by atoms with van der Waals surface area (Å²) < 4.78 is 0. The maximum atomic E-state index is 3.77. The monoisotopic (exact) mass is 519 g/mol. The van der Waals surface area contributed by atoms with Gasteiger partial charge in [-0.1, -0.05) is 30.3 Å². The van der Waals surface area contributed by atoms with Crippen LogP contribution in [0.2, 0.25) is 0 Å². The first-order chi connectivity index (χ1) is 18.4. The van der Waals surface area contributed by atoms with E-state index in [0.717, 1.165) is 124 Å².